The lowest BCUT2D eigenvalue weighted by Gasteiger charge is -2.25. The lowest BCUT2D eigenvalue weighted by atomic mass is 10.1. The number of nitrogens with zero attached hydrogens (tertiary/aromatic N) is 1. The van der Waals surface area contributed by atoms with Crippen molar-refractivity contribution in [2.24, 2.45) is 0 Å². The number of rotatable bonds is 5. The van der Waals surface area contributed by atoms with E-state index < -0.39 is 0 Å². The molecule has 4 heteroatoms. The number of hydrogen-bond donors (Lipinski definition) is 0. The Morgan fingerprint density at radius 3 is 2.56 bits per heavy atom. The summed E-state index contributed by atoms with van der Waals surface area (Å²) in [6, 6.07) is 6.10. The fourth-order valence-corrected chi connectivity index (χ4v) is 2.30. The molecule has 0 aliphatic heterocycles. The van der Waals surface area contributed by atoms with E-state index >= 15 is 0 Å². The molecule has 0 aromatic heterocycles. The Labute approximate surface area is 117 Å². The lowest BCUT2D eigenvalue weighted by Crippen LogP contribution is -2.30. The number of benzene rings is 1. The fourth-order valence-electron chi connectivity index (χ4n) is 1.80. The second kappa shape index (κ2) is 6.90. The summed E-state index contributed by atoms with van der Waals surface area (Å²) in [7, 11) is 1.39. The SMILES string of the molecule is CCN(Cc1ccc(C(=O)OC)cc1Br)C(C)C. The molecule has 0 amide bonds. The van der Waals surface area contributed by atoms with Gasteiger partial charge in [-0.1, -0.05) is 28.9 Å². The fraction of sp³-hybridized carbons (Fsp3) is 0.500. The zero-order valence-corrected chi connectivity index (χ0v) is 13.0. The monoisotopic (exact) mass is 313 g/mol. The summed E-state index contributed by atoms with van der Waals surface area (Å²) in [6.07, 6.45) is 0. The second-order valence-corrected chi connectivity index (χ2v) is 5.31. The van der Waals surface area contributed by atoms with Gasteiger partial charge in [0.25, 0.3) is 0 Å². The lowest BCUT2D eigenvalue weighted by molar-refractivity contribution is 0.0600. The van der Waals surface area contributed by atoms with Crippen LogP contribution in [-0.4, -0.2) is 30.6 Å². The van der Waals surface area contributed by atoms with Crippen molar-refractivity contribution in [1.82, 2.24) is 4.90 Å². The zero-order chi connectivity index (χ0) is 13.7. The normalized spacial score (nSPS) is 11.1. The maximum Gasteiger partial charge on any atom is 0.337 e. The predicted molar refractivity (Wildman–Crippen MR) is 76.7 cm³/mol. The van der Waals surface area contributed by atoms with E-state index in [1.165, 1.54) is 12.7 Å². The van der Waals surface area contributed by atoms with E-state index in [4.69, 9.17) is 4.74 Å². The van der Waals surface area contributed by atoms with Crippen LogP contribution in [0.25, 0.3) is 0 Å². The van der Waals surface area contributed by atoms with E-state index in [0.29, 0.717) is 11.6 Å². The van der Waals surface area contributed by atoms with E-state index in [0.717, 1.165) is 17.6 Å². The van der Waals surface area contributed by atoms with Crippen LogP contribution in [0, 0.1) is 0 Å². The Morgan fingerprint density at radius 1 is 1.44 bits per heavy atom. The van der Waals surface area contributed by atoms with E-state index in [9.17, 15) is 4.79 Å². The first kappa shape index (κ1) is 15.2. The zero-order valence-electron chi connectivity index (χ0n) is 11.4. The molecule has 0 radical (unpaired) electrons. The van der Waals surface area contributed by atoms with Crippen molar-refractivity contribution in [3.05, 3.63) is 33.8 Å². The summed E-state index contributed by atoms with van der Waals surface area (Å²) in [4.78, 5) is 13.8. The highest BCUT2D eigenvalue weighted by molar-refractivity contribution is 9.10. The minimum absolute atomic E-state index is 0.307. The minimum Gasteiger partial charge on any atom is -0.465 e. The van der Waals surface area contributed by atoms with E-state index in [1.54, 1.807) is 6.07 Å². The molecule has 1 aromatic rings. The van der Waals surface area contributed by atoms with Crippen molar-refractivity contribution in [3.63, 3.8) is 0 Å². The maximum absolute atomic E-state index is 11.4. The molecule has 0 atom stereocenters. The molecule has 0 N–H and O–H groups in total. The van der Waals surface area contributed by atoms with Gasteiger partial charge in [0.2, 0.25) is 0 Å². The predicted octanol–water partition coefficient (Wildman–Crippen LogP) is 3.47. The minimum atomic E-state index is -0.307. The molecule has 0 bridgehead atoms. The summed E-state index contributed by atoms with van der Waals surface area (Å²) in [5, 5.41) is 0. The van der Waals surface area contributed by atoms with Gasteiger partial charge in [0, 0.05) is 17.1 Å². The van der Waals surface area contributed by atoms with E-state index in [-0.39, 0.29) is 5.97 Å². The standard InChI is InChI=1S/C14H20BrNO2/c1-5-16(10(2)3)9-12-7-6-11(8-13(12)15)14(17)18-4/h6-8,10H,5,9H2,1-4H3. The molecule has 1 rings (SSSR count). The average Bonchev–Trinajstić information content (AvgIpc) is 2.35. The molecule has 3 nitrogen and oxygen atoms in total. The molecular weight excluding hydrogens is 294 g/mol. The van der Waals surface area contributed by atoms with Crippen LogP contribution in [0.3, 0.4) is 0 Å². The molecule has 0 saturated carbocycles. The van der Waals surface area contributed by atoms with Crippen molar-refractivity contribution >= 4 is 21.9 Å². The second-order valence-electron chi connectivity index (χ2n) is 4.45. The molecule has 0 saturated heterocycles. The smallest absolute Gasteiger partial charge is 0.337 e. The van der Waals surface area contributed by atoms with Crippen LogP contribution >= 0.6 is 15.9 Å². The molecule has 0 heterocycles. The third-order valence-electron chi connectivity index (χ3n) is 2.98. The number of esters is 1. The largest absolute Gasteiger partial charge is 0.465 e. The summed E-state index contributed by atoms with van der Waals surface area (Å²) < 4.78 is 5.65. The number of carbonyl (C=O) groups excluding carboxylic acids is 1. The third kappa shape index (κ3) is 3.82. The highest BCUT2D eigenvalue weighted by atomic mass is 79.9. The van der Waals surface area contributed by atoms with Gasteiger partial charge in [-0.15, -0.1) is 0 Å². The van der Waals surface area contributed by atoms with Gasteiger partial charge in [-0.3, -0.25) is 4.90 Å². The Bertz CT molecular complexity index is 418. The number of hydrogen-bond acceptors (Lipinski definition) is 3. The number of carbonyl (C=O) groups is 1. The first-order chi connectivity index (χ1) is 8.49. The highest BCUT2D eigenvalue weighted by Gasteiger charge is 2.12. The van der Waals surface area contributed by atoms with Crippen LogP contribution in [0.2, 0.25) is 0 Å². The first-order valence-electron chi connectivity index (χ1n) is 6.10. The molecule has 100 valence electrons. The van der Waals surface area contributed by atoms with Crippen molar-refractivity contribution in [2.45, 2.75) is 33.4 Å². The van der Waals surface area contributed by atoms with Crippen LogP contribution in [-0.2, 0) is 11.3 Å². The molecule has 0 unspecified atom stereocenters. The van der Waals surface area contributed by atoms with E-state index in [1.807, 2.05) is 12.1 Å². The van der Waals surface area contributed by atoms with Crippen LogP contribution < -0.4 is 0 Å². The van der Waals surface area contributed by atoms with Crippen LogP contribution in [0.15, 0.2) is 22.7 Å². The summed E-state index contributed by atoms with van der Waals surface area (Å²) in [6.45, 7) is 8.39. The summed E-state index contributed by atoms with van der Waals surface area (Å²) in [5.74, 6) is -0.307. The van der Waals surface area contributed by atoms with Crippen LogP contribution in [0.5, 0.6) is 0 Å². The van der Waals surface area contributed by atoms with Crippen LogP contribution in [0.4, 0.5) is 0 Å². The van der Waals surface area contributed by atoms with Crippen molar-refractivity contribution in [3.8, 4) is 0 Å². The molecule has 0 aliphatic rings. The van der Waals surface area contributed by atoms with Gasteiger partial charge in [0.05, 0.1) is 12.7 Å². The average molecular weight is 314 g/mol. The highest BCUT2D eigenvalue weighted by Crippen LogP contribution is 2.21. The number of halogens is 1. The van der Waals surface area contributed by atoms with Gasteiger partial charge in [0.15, 0.2) is 0 Å². The van der Waals surface area contributed by atoms with Gasteiger partial charge in [-0.05, 0) is 38.1 Å². The van der Waals surface area contributed by atoms with Crippen molar-refractivity contribution in [2.75, 3.05) is 13.7 Å². The van der Waals surface area contributed by atoms with Gasteiger partial charge in [-0.25, -0.2) is 4.79 Å². The molecule has 18 heavy (non-hydrogen) atoms. The van der Waals surface area contributed by atoms with Gasteiger partial charge >= 0.3 is 5.97 Å². The van der Waals surface area contributed by atoms with Crippen molar-refractivity contribution in [1.29, 1.82) is 0 Å². The quantitative estimate of drug-likeness (QED) is 0.780. The molecule has 0 spiro atoms. The van der Waals surface area contributed by atoms with Crippen LogP contribution in [0.1, 0.15) is 36.7 Å². The topological polar surface area (TPSA) is 29.5 Å². The van der Waals surface area contributed by atoms with Gasteiger partial charge in [0.1, 0.15) is 0 Å². The maximum atomic E-state index is 11.4. The molecular formula is C14H20BrNO2. The number of methoxy groups -OCH3 is 1. The Hall–Kier alpha value is -0.870. The Balaban J connectivity index is 2.89. The summed E-state index contributed by atoms with van der Waals surface area (Å²) >= 11 is 3.52. The molecule has 1 aromatic carbocycles. The molecule has 0 fully saturated rings. The Kier molecular flexibility index (Phi) is 5.82. The van der Waals surface area contributed by atoms with Gasteiger partial charge in [-0.2, -0.15) is 0 Å². The van der Waals surface area contributed by atoms with Crippen molar-refractivity contribution < 1.29 is 9.53 Å². The summed E-state index contributed by atoms with van der Waals surface area (Å²) in [5.41, 5.74) is 1.75. The third-order valence-corrected chi connectivity index (χ3v) is 3.72. The number of ether oxygens (including phenoxy) is 1. The first-order valence-corrected chi connectivity index (χ1v) is 6.89. The van der Waals surface area contributed by atoms with E-state index in [2.05, 4.69) is 41.6 Å². The Morgan fingerprint density at radius 2 is 2.11 bits per heavy atom. The molecule has 0 aliphatic carbocycles. The van der Waals surface area contributed by atoms with Gasteiger partial charge < -0.3 is 4.74 Å².